The summed E-state index contributed by atoms with van der Waals surface area (Å²) in [5.74, 6) is 0.203. The molecule has 4 heteroatoms. The summed E-state index contributed by atoms with van der Waals surface area (Å²) in [6.07, 6.45) is 5.37. The van der Waals surface area contributed by atoms with Crippen molar-refractivity contribution in [3.8, 4) is 18.2 Å². The van der Waals surface area contributed by atoms with Crippen molar-refractivity contribution in [3.05, 3.63) is 58.8 Å². The number of benzene rings is 1. The molecule has 148 valence electrons. The van der Waals surface area contributed by atoms with E-state index in [1.165, 1.54) is 5.56 Å². The maximum absolute atomic E-state index is 10.1. The van der Waals surface area contributed by atoms with Crippen LogP contribution in [0.4, 0.5) is 0 Å². The van der Waals surface area contributed by atoms with Crippen LogP contribution in [-0.4, -0.2) is 0 Å². The summed E-state index contributed by atoms with van der Waals surface area (Å²) < 4.78 is 0. The van der Waals surface area contributed by atoms with Gasteiger partial charge in [-0.25, -0.2) is 0 Å². The number of rotatable bonds is 3. The fourth-order valence-corrected chi connectivity index (χ4v) is 5.00. The summed E-state index contributed by atoms with van der Waals surface area (Å²) in [6, 6.07) is 16.8. The van der Waals surface area contributed by atoms with Crippen molar-refractivity contribution in [2.75, 3.05) is 0 Å². The molecule has 0 bridgehead atoms. The molecule has 2 N–H and O–H groups in total. The van der Waals surface area contributed by atoms with Crippen LogP contribution < -0.4 is 5.73 Å². The Hall–Kier alpha value is -3.03. The highest BCUT2D eigenvalue weighted by Gasteiger charge is 2.53. The normalized spacial score (nSPS) is 25.8. The molecule has 4 nitrogen and oxygen atoms in total. The van der Waals surface area contributed by atoms with Crippen molar-refractivity contribution in [2.45, 2.75) is 46.5 Å². The molecule has 0 fully saturated rings. The summed E-state index contributed by atoms with van der Waals surface area (Å²) in [6.45, 7) is 6.70. The molecule has 0 spiro atoms. The molecule has 0 heterocycles. The van der Waals surface area contributed by atoms with Gasteiger partial charge >= 0.3 is 0 Å². The predicted molar refractivity (Wildman–Crippen MR) is 112 cm³/mol. The van der Waals surface area contributed by atoms with E-state index >= 15 is 0 Å². The van der Waals surface area contributed by atoms with Gasteiger partial charge < -0.3 is 5.73 Å². The molecule has 3 atom stereocenters. The molecule has 2 aliphatic rings. The Kier molecular flexibility index (Phi) is 5.55. The zero-order chi connectivity index (χ0) is 21.2. The lowest BCUT2D eigenvalue weighted by molar-refractivity contribution is 0.138. The van der Waals surface area contributed by atoms with Crippen LogP contribution in [-0.2, 0) is 6.42 Å². The Balaban J connectivity index is 2.09. The average Bonchev–Trinajstić information content (AvgIpc) is 2.72. The first-order chi connectivity index (χ1) is 13.8. The number of aryl methyl sites for hydroxylation is 1. The summed E-state index contributed by atoms with van der Waals surface area (Å²) in [5, 5.41) is 30.0. The topological polar surface area (TPSA) is 97.4 Å². The molecule has 0 unspecified atom stereocenters. The second-order valence-electron chi connectivity index (χ2n) is 9.36. The van der Waals surface area contributed by atoms with Crippen molar-refractivity contribution in [1.82, 2.24) is 0 Å². The summed E-state index contributed by atoms with van der Waals surface area (Å²) in [5.41, 5.74) is 7.63. The minimum absolute atomic E-state index is 0.00191. The lowest BCUT2D eigenvalue weighted by atomic mass is 9.54. The van der Waals surface area contributed by atoms with E-state index in [4.69, 9.17) is 5.73 Å². The Morgan fingerprint density at radius 1 is 1.10 bits per heavy atom. The summed E-state index contributed by atoms with van der Waals surface area (Å²) in [4.78, 5) is 0. The summed E-state index contributed by atoms with van der Waals surface area (Å²) >= 11 is 0. The first-order valence-electron chi connectivity index (χ1n) is 10.3. The molecule has 1 aromatic carbocycles. The van der Waals surface area contributed by atoms with Crippen molar-refractivity contribution in [3.63, 3.8) is 0 Å². The molecule has 0 saturated carbocycles. The zero-order valence-corrected chi connectivity index (χ0v) is 17.4. The summed E-state index contributed by atoms with van der Waals surface area (Å²) in [7, 11) is 0. The highest BCUT2D eigenvalue weighted by Crippen LogP contribution is 2.55. The Morgan fingerprint density at radius 3 is 2.31 bits per heavy atom. The van der Waals surface area contributed by atoms with Gasteiger partial charge in [-0.2, -0.15) is 15.8 Å². The van der Waals surface area contributed by atoms with Gasteiger partial charge in [0.25, 0.3) is 0 Å². The fraction of sp³-hybridized carbons (Fsp3) is 0.480. The molecule has 0 saturated heterocycles. The quantitative estimate of drug-likeness (QED) is 0.791. The van der Waals surface area contributed by atoms with Crippen LogP contribution in [0.15, 0.2) is 53.3 Å². The van der Waals surface area contributed by atoms with Gasteiger partial charge in [0.1, 0.15) is 6.07 Å². The molecule has 29 heavy (non-hydrogen) atoms. The standard InChI is InChI=1S/C25H28N4/c1-24(2,3)18-10-11-19-20(13-18)22(12-9-17-7-5-4-6-8-17)25(15-27,16-28)23(29)21(19)14-26/h4-8,11,18,20,22H,9-10,12-13,29H2,1-3H3/t18-,20+,22-/m1/s1. The minimum atomic E-state index is -1.46. The molecule has 1 aromatic rings. The lowest BCUT2D eigenvalue weighted by Crippen LogP contribution is -2.46. The minimum Gasteiger partial charge on any atom is -0.399 e. The number of hydrogen-bond donors (Lipinski definition) is 1. The number of allylic oxidation sites excluding steroid dienone is 4. The van der Waals surface area contributed by atoms with Crippen LogP contribution in [0.3, 0.4) is 0 Å². The number of nitrogens with zero attached hydrogens (tertiary/aromatic N) is 3. The third-order valence-corrected chi connectivity index (χ3v) is 6.86. The maximum atomic E-state index is 10.1. The second-order valence-corrected chi connectivity index (χ2v) is 9.36. The highest BCUT2D eigenvalue weighted by molar-refractivity contribution is 5.56. The van der Waals surface area contributed by atoms with Crippen LogP contribution in [0, 0.1) is 62.6 Å². The highest BCUT2D eigenvalue weighted by atomic mass is 14.7. The average molecular weight is 385 g/mol. The Bertz CT molecular complexity index is 943. The van der Waals surface area contributed by atoms with E-state index in [0.29, 0.717) is 17.9 Å². The SMILES string of the molecule is CC(C)(C)[C@@H]1CC=C2C(C#N)=C(N)C(C#N)(C#N)[C@H](CCc3ccccc3)[C@H]2C1. The molecule has 2 aliphatic carbocycles. The van der Waals surface area contributed by atoms with Gasteiger partial charge in [-0.1, -0.05) is 57.2 Å². The van der Waals surface area contributed by atoms with Crippen LogP contribution in [0.1, 0.15) is 45.6 Å². The van der Waals surface area contributed by atoms with Gasteiger partial charge in [-0.05, 0) is 54.1 Å². The Labute approximate surface area is 173 Å². The van der Waals surface area contributed by atoms with Gasteiger partial charge in [0.15, 0.2) is 5.41 Å². The van der Waals surface area contributed by atoms with Crippen molar-refractivity contribution < 1.29 is 0 Å². The number of fused-ring (bicyclic) bond motifs is 1. The molecule has 0 aromatic heterocycles. The predicted octanol–water partition coefficient (Wildman–Crippen LogP) is 5.02. The van der Waals surface area contributed by atoms with Gasteiger partial charge in [0.05, 0.1) is 23.4 Å². The number of nitrogens with two attached hydrogens (primary N) is 1. The van der Waals surface area contributed by atoms with E-state index in [1.54, 1.807) is 0 Å². The van der Waals surface area contributed by atoms with E-state index in [-0.39, 0.29) is 22.9 Å². The first-order valence-corrected chi connectivity index (χ1v) is 10.3. The monoisotopic (exact) mass is 384 g/mol. The lowest BCUT2D eigenvalue weighted by Gasteiger charge is -2.47. The van der Waals surface area contributed by atoms with Crippen molar-refractivity contribution in [2.24, 2.45) is 34.3 Å². The third kappa shape index (κ3) is 3.54. The third-order valence-electron chi connectivity index (χ3n) is 6.86. The number of nitriles is 3. The van der Waals surface area contributed by atoms with Gasteiger partial charge in [-0.3, -0.25) is 0 Å². The molecular formula is C25H28N4. The van der Waals surface area contributed by atoms with Crippen molar-refractivity contribution >= 4 is 0 Å². The van der Waals surface area contributed by atoms with Crippen LogP contribution in [0.25, 0.3) is 0 Å². The van der Waals surface area contributed by atoms with E-state index in [1.807, 2.05) is 18.2 Å². The maximum Gasteiger partial charge on any atom is 0.187 e. The first kappa shape index (κ1) is 20.7. The molecule has 3 rings (SSSR count). The Morgan fingerprint density at radius 2 is 1.76 bits per heavy atom. The van der Waals surface area contributed by atoms with Crippen molar-refractivity contribution in [1.29, 1.82) is 15.8 Å². The molecule has 0 amide bonds. The molecule has 0 aliphatic heterocycles. The second kappa shape index (κ2) is 7.77. The molecular weight excluding hydrogens is 356 g/mol. The fourth-order valence-electron chi connectivity index (χ4n) is 5.00. The molecule has 0 radical (unpaired) electrons. The van der Waals surface area contributed by atoms with Crippen LogP contribution in [0.5, 0.6) is 0 Å². The largest absolute Gasteiger partial charge is 0.399 e. The zero-order valence-electron chi connectivity index (χ0n) is 17.4. The van der Waals surface area contributed by atoms with E-state index in [9.17, 15) is 15.8 Å². The van der Waals surface area contributed by atoms with E-state index in [2.05, 4.69) is 57.2 Å². The van der Waals surface area contributed by atoms with Gasteiger partial charge in [-0.15, -0.1) is 0 Å². The van der Waals surface area contributed by atoms with E-state index in [0.717, 1.165) is 24.8 Å². The van der Waals surface area contributed by atoms with Gasteiger partial charge in [0, 0.05) is 5.92 Å². The number of hydrogen-bond acceptors (Lipinski definition) is 4. The van der Waals surface area contributed by atoms with Crippen LogP contribution >= 0.6 is 0 Å². The van der Waals surface area contributed by atoms with Gasteiger partial charge in [0.2, 0.25) is 0 Å². The smallest absolute Gasteiger partial charge is 0.187 e. The van der Waals surface area contributed by atoms with Crippen LogP contribution in [0.2, 0.25) is 0 Å². The van der Waals surface area contributed by atoms with E-state index < -0.39 is 5.41 Å².